The Morgan fingerprint density at radius 2 is 1.90 bits per heavy atom. The number of unbranched alkanes of at least 4 members (excludes halogenated alkanes) is 3. The topological polar surface area (TPSA) is 144 Å². The number of hydrogen-bond acceptors (Lipinski definition) is 10. The molecule has 212 valence electrons. The van der Waals surface area contributed by atoms with E-state index in [0.717, 1.165) is 44.4 Å². The van der Waals surface area contributed by atoms with Gasteiger partial charge in [0.1, 0.15) is 5.75 Å². The van der Waals surface area contributed by atoms with Gasteiger partial charge in [-0.25, -0.2) is 0 Å². The number of anilines is 1. The zero-order valence-corrected chi connectivity index (χ0v) is 23.5. The van der Waals surface area contributed by atoms with Gasteiger partial charge in [0.15, 0.2) is 17.4 Å². The first-order valence-corrected chi connectivity index (χ1v) is 13.9. The van der Waals surface area contributed by atoms with Gasteiger partial charge in [-0.05, 0) is 18.6 Å². The summed E-state index contributed by atoms with van der Waals surface area (Å²) >= 11 is 1.38. The average Bonchev–Trinajstić information content (AvgIpc) is 2.91. The number of amidine groups is 1. The third-order valence-corrected chi connectivity index (χ3v) is 7.49. The van der Waals surface area contributed by atoms with E-state index in [1.807, 2.05) is 0 Å². The molecule has 0 spiro atoms. The van der Waals surface area contributed by atoms with Crippen LogP contribution in [0.5, 0.6) is 11.5 Å². The van der Waals surface area contributed by atoms with Crippen molar-refractivity contribution in [1.82, 2.24) is 10.3 Å². The molecule has 2 amide bonds. The highest BCUT2D eigenvalue weighted by atomic mass is 32.2. The molecule has 0 saturated heterocycles. The highest BCUT2D eigenvalue weighted by molar-refractivity contribution is 8.13. The Hall–Kier alpha value is -4.13. The van der Waals surface area contributed by atoms with E-state index >= 15 is 0 Å². The van der Waals surface area contributed by atoms with Crippen LogP contribution in [0.15, 0.2) is 41.5 Å². The minimum Gasteiger partial charge on any atom is -0.496 e. The fourth-order valence-corrected chi connectivity index (χ4v) is 5.71. The maximum atomic E-state index is 13.6. The molecule has 2 aromatic carbocycles. The van der Waals surface area contributed by atoms with E-state index in [4.69, 9.17) is 14.6 Å². The third-order valence-electron chi connectivity index (χ3n) is 6.54. The molecule has 2 atom stereocenters. The van der Waals surface area contributed by atoms with Crippen LogP contribution in [-0.2, 0) is 14.4 Å². The largest absolute Gasteiger partial charge is 0.496 e. The van der Waals surface area contributed by atoms with Crippen LogP contribution < -0.4 is 19.7 Å². The van der Waals surface area contributed by atoms with Crippen molar-refractivity contribution in [2.24, 2.45) is 5.10 Å². The van der Waals surface area contributed by atoms with E-state index in [9.17, 15) is 24.5 Å². The number of amides is 2. The van der Waals surface area contributed by atoms with Gasteiger partial charge in [-0.15, -0.1) is 5.10 Å². The molecule has 1 N–H and O–H groups in total. The minimum atomic E-state index is -1.18. The van der Waals surface area contributed by atoms with Crippen molar-refractivity contribution in [1.29, 1.82) is 0 Å². The summed E-state index contributed by atoms with van der Waals surface area (Å²) in [6, 6.07) is 8.54. The van der Waals surface area contributed by atoms with E-state index in [1.165, 1.54) is 41.8 Å². The van der Waals surface area contributed by atoms with Gasteiger partial charge >= 0.3 is 11.7 Å². The van der Waals surface area contributed by atoms with Gasteiger partial charge in [0.2, 0.25) is 11.7 Å². The number of rotatable bonds is 9. The summed E-state index contributed by atoms with van der Waals surface area (Å²) < 4.78 is 10.7. The van der Waals surface area contributed by atoms with Crippen LogP contribution in [0.3, 0.4) is 0 Å². The molecule has 0 bridgehead atoms. The van der Waals surface area contributed by atoms with Crippen LogP contribution in [0, 0.1) is 10.1 Å². The lowest BCUT2D eigenvalue weighted by molar-refractivity contribution is -0.385. The number of hydrogen-bond donors (Lipinski definition) is 1. The van der Waals surface area contributed by atoms with Crippen molar-refractivity contribution in [2.45, 2.75) is 58.7 Å². The van der Waals surface area contributed by atoms with Crippen molar-refractivity contribution in [2.75, 3.05) is 17.8 Å². The Balaban J connectivity index is 1.94. The van der Waals surface area contributed by atoms with Crippen LogP contribution in [0.4, 0.5) is 11.4 Å². The van der Waals surface area contributed by atoms with Crippen LogP contribution in [-0.4, -0.2) is 45.7 Å². The third kappa shape index (κ3) is 5.74. The number of fused-ring (bicyclic) bond motifs is 3. The molecule has 2 heterocycles. The van der Waals surface area contributed by atoms with Gasteiger partial charge in [0.25, 0.3) is 5.91 Å². The minimum absolute atomic E-state index is 0.0710. The normalized spacial score (nSPS) is 17.8. The molecular weight excluding hydrogens is 538 g/mol. The van der Waals surface area contributed by atoms with E-state index in [0.29, 0.717) is 16.4 Å². The number of thioether (sulfide) groups is 1. The number of nitrogens with zero attached hydrogens (tertiary/aromatic N) is 4. The number of nitro benzene ring substituents is 1. The van der Waals surface area contributed by atoms with Gasteiger partial charge in [-0.1, -0.05) is 56.1 Å². The first-order chi connectivity index (χ1) is 19.2. The number of nitro groups is 1. The quantitative estimate of drug-likeness (QED) is 0.150. The summed E-state index contributed by atoms with van der Waals surface area (Å²) in [6.07, 6.45) is 3.00. The Labute approximate surface area is 235 Å². The van der Waals surface area contributed by atoms with Crippen molar-refractivity contribution < 1.29 is 28.8 Å². The number of esters is 1. The second-order valence-electron chi connectivity index (χ2n) is 9.32. The fourth-order valence-electron chi connectivity index (χ4n) is 4.84. The number of carbonyl (C=O) groups excluding carboxylic acids is 3. The molecule has 2 aliphatic rings. The molecule has 0 radical (unpaired) electrons. The molecule has 0 saturated carbocycles. The molecule has 2 unspecified atom stereocenters. The summed E-state index contributed by atoms with van der Waals surface area (Å²) in [7, 11) is 1.34. The zero-order valence-electron chi connectivity index (χ0n) is 22.7. The number of hydrazone groups is 1. The van der Waals surface area contributed by atoms with Gasteiger partial charge in [0, 0.05) is 25.2 Å². The van der Waals surface area contributed by atoms with E-state index in [-0.39, 0.29) is 23.0 Å². The molecule has 40 heavy (non-hydrogen) atoms. The SMILES string of the molecule is CCCCCCSC1=NN2C(C(=O)N1)c1ccccc1N(C(C)=O)C2c1cc(OC)cc([N+](=O)[O-])c1OC(C)=O. The first kappa shape index (κ1) is 28.9. The summed E-state index contributed by atoms with van der Waals surface area (Å²) in [5, 5.41) is 21.5. The van der Waals surface area contributed by atoms with Crippen molar-refractivity contribution >= 4 is 46.1 Å². The number of nitrogens with one attached hydrogen (secondary N) is 1. The van der Waals surface area contributed by atoms with E-state index in [2.05, 4.69) is 12.2 Å². The molecule has 13 heteroatoms. The Morgan fingerprint density at radius 3 is 2.55 bits per heavy atom. The number of para-hydroxylation sites is 1. The smallest absolute Gasteiger partial charge is 0.315 e. The van der Waals surface area contributed by atoms with Gasteiger partial charge in [-0.3, -0.25) is 34.4 Å². The number of ether oxygens (including phenoxy) is 2. The molecule has 12 nitrogen and oxygen atoms in total. The maximum Gasteiger partial charge on any atom is 0.315 e. The zero-order chi connectivity index (χ0) is 29.0. The van der Waals surface area contributed by atoms with Crippen molar-refractivity contribution in [3.63, 3.8) is 0 Å². The standard InChI is InChI=1S/C27H31N5O7S/c1-5-6-7-10-13-40-27-28-25(35)23-19-11-8-9-12-21(19)30(16(2)33)26(31(23)29-27)20-14-18(38-4)15-22(32(36)37)24(20)39-17(3)34/h8-9,11-12,14-15,23,26H,5-7,10,13H2,1-4H3,(H,28,29,35). The highest BCUT2D eigenvalue weighted by Gasteiger charge is 2.48. The predicted octanol–water partition coefficient (Wildman–Crippen LogP) is 4.65. The van der Waals surface area contributed by atoms with Crippen LogP contribution >= 0.6 is 11.8 Å². The lowest BCUT2D eigenvalue weighted by Gasteiger charge is -2.48. The fraction of sp³-hybridized carbons (Fsp3) is 0.407. The molecule has 0 fully saturated rings. The van der Waals surface area contributed by atoms with Crippen LogP contribution in [0.1, 0.15) is 69.8 Å². The number of methoxy groups -OCH3 is 1. The Kier molecular flexibility index (Phi) is 8.93. The Morgan fingerprint density at radius 1 is 1.15 bits per heavy atom. The van der Waals surface area contributed by atoms with E-state index in [1.54, 1.807) is 24.3 Å². The highest BCUT2D eigenvalue weighted by Crippen LogP contribution is 2.50. The maximum absolute atomic E-state index is 13.6. The molecule has 0 aromatic heterocycles. The summed E-state index contributed by atoms with van der Waals surface area (Å²) in [4.78, 5) is 51.7. The second-order valence-corrected chi connectivity index (χ2v) is 10.4. The lowest BCUT2D eigenvalue weighted by Crippen LogP contribution is -2.55. The van der Waals surface area contributed by atoms with Gasteiger partial charge in [-0.2, -0.15) is 0 Å². The molecule has 2 aliphatic heterocycles. The van der Waals surface area contributed by atoms with Crippen molar-refractivity contribution in [3.8, 4) is 11.5 Å². The number of benzene rings is 2. The molecule has 2 aromatic rings. The summed E-state index contributed by atoms with van der Waals surface area (Å²) in [5.41, 5.74) is 0.510. The monoisotopic (exact) mass is 569 g/mol. The number of carbonyl (C=O) groups is 3. The second kappa shape index (κ2) is 12.4. The first-order valence-electron chi connectivity index (χ1n) is 12.9. The van der Waals surface area contributed by atoms with Crippen molar-refractivity contribution in [3.05, 3.63) is 57.6 Å². The van der Waals surface area contributed by atoms with Gasteiger partial charge in [0.05, 0.1) is 29.4 Å². The molecular formula is C27H31N5O7S. The van der Waals surface area contributed by atoms with Crippen LogP contribution in [0.25, 0.3) is 0 Å². The van der Waals surface area contributed by atoms with Crippen LogP contribution in [0.2, 0.25) is 0 Å². The van der Waals surface area contributed by atoms with E-state index < -0.39 is 34.7 Å². The molecule has 0 aliphatic carbocycles. The summed E-state index contributed by atoms with van der Waals surface area (Å²) in [5.74, 6) is -1.10. The lowest BCUT2D eigenvalue weighted by atomic mass is 9.94. The summed E-state index contributed by atoms with van der Waals surface area (Å²) in [6.45, 7) is 4.60. The Bertz CT molecular complexity index is 1360. The predicted molar refractivity (Wildman–Crippen MR) is 150 cm³/mol. The molecule has 4 rings (SSSR count). The van der Waals surface area contributed by atoms with Gasteiger partial charge < -0.3 is 14.8 Å². The average molecular weight is 570 g/mol.